The molecule has 4 aromatic carbocycles. The molecule has 0 aliphatic heterocycles. The summed E-state index contributed by atoms with van der Waals surface area (Å²) in [6.45, 7) is 17.5. The van der Waals surface area contributed by atoms with Crippen molar-refractivity contribution in [2.75, 3.05) is 4.90 Å². The fourth-order valence-corrected chi connectivity index (χ4v) is 9.70. The number of allylic oxidation sites excluding steroid dienone is 16. The van der Waals surface area contributed by atoms with Gasteiger partial charge in [0.2, 0.25) is 5.71 Å². The maximum Gasteiger partial charge on any atom is 0.226 e. The molecule has 3 heteroatoms. The third-order valence-corrected chi connectivity index (χ3v) is 13.6. The molecule has 0 radical (unpaired) electrons. The Labute approximate surface area is 392 Å². The monoisotopic (exact) mass is 858 g/mol. The van der Waals surface area contributed by atoms with Gasteiger partial charge in [0.25, 0.3) is 0 Å². The molecule has 0 N–H and O–H groups in total. The normalized spacial score (nSPS) is 16.7. The van der Waals surface area contributed by atoms with Crippen LogP contribution >= 0.6 is 0 Å². The summed E-state index contributed by atoms with van der Waals surface area (Å²) in [7, 11) is 0. The summed E-state index contributed by atoms with van der Waals surface area (Å²) in [6, 6.07) is 43.9. The van der Waals surface area contributed by atoms with Crippen LogP contribution in [-0.2, 0) is 5.41 Å². The second-order valence-corrected chi connectivity index (χ2v) is 18.0. The van der Waals surface area contributed by atoms with Crippen LogP contribution in [0, 0.1) is 32.1 Å². The lowest BCUT2D eigenvalue weighted by Crippen LogP contribution is -2.30. The number of rotatable bonds is 7. The number of benzene rings is 4. The van der Waals surface area contributed by atoms with Crippen molar-refractivity contribution in [3.05, 3.63) is 266 Å². The van der Waals surface area contributed by atoms with Crippen LogP contribution < -0.4 is 4.90 Å². The Balaban J connectivity index is 0.000000393. The third-order valence-electron chi connectivity index (χ3n) is 13.6. The average molecular weight is 859 g/mol. The molecule has 4 aliphatic carbocycles. The third kappa shape index (κ3) is 8.18. The van der Waals surface area contributed by atoms with Crippen LogP contribution in [-0.4, -0.2) is 4.98 Å². The van der Waals surface area contributed by atoms with Crippen LogP contribution in [0.15, 0.2) is 232 Å². The second kappa shape index (κ2) is 18.8. The highest BCUT2D eigenvalue weighted by molar-refractivity contribution is 5.93. The van der Waals surface area contributed by atoms with E-state index in [1.165, 1.54) is 72.4 Å². The van der Waals surface area contributed by atoms with Gasteiger partial charge in [-0.2, -0.15) is 0 Å². The summed E-state index contributed by atoms with van der Waals surface area (Å²) in [5, 5.41) is 1.12. The average Bonchev–Trinajstić information content (AvgIpc) is 3.69. The largest absolute Gasteiger partial charge is 0.443 e. The molecule has 2 heterocycles. The molecule has 0 fully saturated rings. The highest BCUT2D eigenvalue weighted by atomic mass is 16.3. The molecule has 0 saturated carbocycles. The van der Waals surface area contributed by atoms with Crippen LogP contribution in [0.4, 0.5) is 5.69 Å². The van der Waals surface area contributed by atoms with Crippen molar-refractivity contribution >= 4 is 27.9 Å². The van der Waals surface area contributed by atoms with Gasteiger partial charge in [0.05, 0.1) is 11.1 Å². The summed E-state index contributed by atoms with van der Waals surface area (Å²) in [4.78, 5) is 6.50. The molecular weight excluding hydrogens is 801 g/mol. The second-order valence-electron chi connectivity index (χ2n) is 18.0. The molecule has 0 unspecified atom stereocenters. The molecule has 0 atom stereocenters. The van der Waals surface area contributed by atoms with Gasteiger partial charge in [0.15, 0.2) is 0 Å². The SMILES string of the molecule is C#C.CC1=CC2=C(C=CC1)C(c1ccccc1)(c1ccccc1)c1cc(N(C3=CC=C4C=C(C)C(C)(C)C4=C=C3)/C(C)=C/C=C(\C)c3ccccc3)ccc12.Cc1oc2ncccc2c1C. The van der Waals surface area contributed by atoms with E-state index in [1.54, 1.807) is 6.20 Å². The molecule has 0 spiro atoms. The first kappa shape index (κ1) is 45.0. The molecule has 0 amide bonds. The summed E-state index contributed by atoms with van der Waals surface area (Å²) in [6.07, 6.45) is 31.4. The highest BCUT2D eigenvalue weighted by Crippen LogP contribution is 2.57. The van der Waals surface area contributed by atoms with Gasteiger partial charge in [-0.1, -0.05) is 159 Å². The molecule has 0 bridgehead atoms. The number of anilines is 1. The lowest BCUT2D eigenvalue weighted by Gasteiger charge is -2.36. The van der Waals surface area contributed by atoms with Crippen LogP contribution in [0.2, 0.25) is 0 Å². The fraction of sp³-hybridized carbons (Fsp3) is 0.175. The number of hydrogen-bond acceptors (Lipinski definition) is 3. The van der Waals surface area contributed by atoms with Crippen molar-refractivity contribution in [3.63, 3.8) is 0 Å². The van der Waals surface area contributed by atoms with Crippen molar-refractivity contribution in [1.82, 2.24) is 4.98 Å². The summed E-state index contributed by atoms with van der Waals surface area (Å²) < 4.78 is 5.39. The topological polar surface area (TPSA) is 29.3 Å². The quantitative estimate of drug-likeness (QED) is 0.0910. The molecule has 10 rings (SSSR count). The van der Waals surface area contributed by atoms with Crippen molar-refractivity contribution in [2.45, 2.75) is 67.2 Å². The van der Waals surface area contributed by atoms with E-state index in [2.05, 4.69) is 234 Å². The molecule has 3 nitrogen and oxygen atoms in total. The van der Waals surface area contributed by atoms with E-state index in [0.717, 1.165) is 40.4 Å². The molecule has 6 aromatic rings. The predicted octanol–water partition coefficient (Wildman–Crippen LogP) is 16.1. The number of furan rings is 1. The van der Waals surface area contributed by atoms with Crippen molar-refractivity contribution in [2.24, 2.45) is 5.41 Å². The zero-order valence-electron chi connectivity index (χ0n) is 39.5. The Morgan fingerprint density at radius 2 is 1.44 bits per heavy atom. The van der Waals surface area contributed by atoms with E-state index in [-0.39, 0.29) is 5.41 Å². The number of aromatic nitrogens is 1. The fourth-order valence-electron chi connectivity index (χ4n) is 9.70. The van der Waals surface area contributed by atoms with Gasteiger partial charge in [-0.25, -0.2) is 4.98 Å². The van der Waals surface area contributed by atoms with E-state index in [4.69, 9.17) is 4.42 Å². The number of fused-ring (bicyclic) bond motifs is 4. The number of hydrogen-bond donors (Lipinski definition) is 0. The Morgan fingerprint density at radius 1 is 0.773 bits per heavy atom. The highest BCUT2D eigenvalue weighted by Gasteiger charge is 2.47. The molecule has 0 saturated heterocycles. The Hall–Kier alpha value is -7.63. The Kier molecular flexibility index (Phi) is 12.8. The zero-order valence-corrected chi connectivity index (χ0v) is 39.5. The van der Waals surface area contributed by atoms with Gasteiger partial charge in [-0.3, -0.25) is 0 Å². The minimum atomic E-state index is -0.491. The minimum Gasteiger partial charge on any atom is -0.443 e. The smallest absolute Gasteiger partial charge is 0.226 e. The van der Waals surface area contributed by atoms with Crippen LogP contribution in [0.1, 0.15) is 87.1 Å². The van der Waals surface area contributed by atoms with E-state index < -0.39 is 5.41 Å². The maximum atomic E-state index is 5.39. The first-order valence-corrected chi connectivity index (χ1v) is 22.8. The van der Waals surface area contributed by atoms with Gasteiger partial charge in [0.1, 0.15) is 5.76 Å². The van der Waals surface area contributed by atoms with Gasteiger partial charge >= 0.3 is 0 Å². The van der Waals surface area contributed by atoms with Gasteiger partial charge in [-0.15, -0.1) is 18.6 Å². The minimum absolute atomic E-state index is 0.0575. The van der Waals surface area contributed by atoms with Crippen molar-refractivity contribution < 1.29 is 4.42 Å². The summed E-state index contributed by atoms with van der Waals surface area (Å²) >= 11 is 0. The Bertz CT molecular complexity index is 3120. The lowest BCUT2D eigenvalue weighted by atomic mass is 9.66. The van der Waals surface area contributed by atoms with E-state index in [1.807, 2.05) is 26.0 Å². The number of pyridine rings is 1. The molecular formula is C63H58N2O. The van der Waals surface area contributed by atoms with Crippen molar-refractivity contribution in [1.29, 1.82) is 0 Å². The van der Waals surface area contributed by atoms with Gasteiger partial charge < -0.3 is 9.32 Å². The van der Waals surface area contributed by atoms with Crippen LogP contribution in [0.3, 0.4) is 0 Å². The predicted molar refractivity (Wildman–Crippen MR) is 279 cm³/mol. The molecule has 2 aromatic heterocycles. The number of terminal acetylenes is 1. The molecule has 326 valence electrons. The lowest BCUT2D eigenvalue weighted by molar-refractivity contribution is 0.564. The van der Waals surface area contributed by atoms with Gasteiger partial charge in [-0.05, 0) is 140 Å². The Morgan fingerprint density at radius 3 is 2.11 bits per heavy atom. The van der Waals surface area contributed by atoms with E-state index >= 15 is 0 Å². The van der Waals surface area contributed by atoms with Crippen molar-refractivity contribution in [3.8, 4) is 12.8 Å². The summed E-state index contributed by atoms with van der Waals surface area (Å²) in [5.41, 5.74) is 23.9. The standard InChI is InChI=1S/C52H47N.C9H9NO.C2H2/c1-36-17-16-24-49-47(33-36)46-31-29-45(35-50(46)52(49,42-20-12-8-13-21-42)43-22-14-9-15-23-43)53(39(4)26-25-37(2)40-18-10-7-11-19-40)44-28-27-41-34-38(3)51(5,6)48(41)32-30-44;1-6-7(2)11-9-8(6)4-3-5-10-9;1-2/h7-16,18-31,33-35H,17H2,1-6H3;3-5H,1-2H3;1-2H/b37-25+,39-26+;;. The zero-order chi connectivity index (χ0) is 46.6. The maximum absolute atomic E-state index is 5.39. The van der Waals surface area contributed by atoms with Crippen LogP contribution in [0.5, 0.6) is 0 Å². The number of aryl methyl sites for hydroxylation is 2. The first-order chi connectivity index (χ1) is 32.0. The van der Waals surface area contributed by atoms with Crippen LogP contribution in [0.25, 0.3) is 22.2 Å². The number of nitrogens with zero attached hydrogens (tertiary/aromatic N) is 2. The molecule has 66 heavy (non-hydrogen) atoms. The summed E-state index contributed by atoms with van der Waals surface area (Å²) in [5.74, 6) is 0.957. The van der Waals surface area contributed by atoms with E-state index in [9.17, 15) is 0 Å². The van der Waals surface area contributed by atoms with E-state index in [0.29, 0.717) is 0 Å². The van der Waals surface area contributed by atoms with Gasteiger partial charge in [0, 0.05) is 40.0 Å². The molecule has 4 aliphatic rings. The first-order valence-electron chi connectivity index (χ1n) is 22.8.